The van der Waals surface area contributed by atoms with Crippen LogP contribution in [0.1, 0.15) is 88.7 Å². The predicted molar refractivity (Wildman–Crippen MR) is 141 cm³/mol. The molecule has 4 nitrogen and oxygen atoms in total. The number of aliphatic carboxylic acids is 1. The van der Waals surface area contributed by atoms with Gasteiger partial charge < -0.3 is 9.84 Å². The van der Waals surface area contributed by atoms with Crippen molar-refractivity contribution in [2.75, 3.05) is 0 Å². The van der Waals surface area contributed by atoms with Crippen LogP contribution in [0.5, 0.6) is 0 Å². The molecule has 0 aliphatic rings. The molecule has 0 heterocycles. The average molecular weight is 868 g/mol. The molecule has 1 N–H and O–H groups in total. The molecule has 0 saturated heterocycles. The van der Waals surface area contributed by atoms with Crippen molar-refractivity contribution >= 4 is 18.1 Å². The van der Waals surface area contributed by atoms with Gasteiger partial charge in [-0.15, -0.1) is 0 Å². The van der Waals surface area contributed by atoms with Crippen LogP contribution >= 0.6 is 0 Å². The van der Waals surface area contributed by atoms with Crippen LogP contribution in [0.15, 0.2) is 60.9 Å². The normalized spacial score (nSPS) is 10.2. The predicted octanol–water partition coefficient (Wildman–Crippen LogP) is 6.77. The number of aryl methyl sites for hydroxylation is 2. The Bertz CT molecular complexity index is 795. The van der Waals surface area contributed by atoms with Gasteiger partial charge in [-0.25, -0.2) is 0 Å². The second-order valence-electron chi connectivity index (χ2n) is 8.87. The fourth-order valence-electron chi connectivity index (χ4n) is 3.08. The number of ether oxygens (including phenoxy) is 1. The number of carboxylic acids is 1. The van der Waals surface area contributed by atoms with Gasteiger partial charge in [0.15, 0.2) is 0 Å². The Morgan fingerprint density at radius 1 is 0.778 bits per heavy atom. The second-order valence-corrected chi connectivity index (χ2v) is 14.8. The first-order valence-electron chi connectivity index (χ1n) is 13.1. The van der Waals surface area contributed by atoms with E-state index < -0.39 is 11.9 Å². The second kappa shape index (κ2) is 24.3. The zero-order valence-corrected chi connectivity index (χ0v) is 33.6. The summed E-state index contributed by atoms with van der Waals surface area (Å²) in [7, 11) is 0. The molecule has 36 heavy (non-hydrogen) atoms. The fourth-order valence-corrected chi connectivity index (χ4v) is 5.05. The van der Waals surface area contributed by atoms with Gasteiger partial charge in [0.2, 0.25) is 0 Å². The topological polar surface area (TPSA) is 63.6 Å². The molecule has 0 fully saturated rings. The maximum absolute atomic E-state index is 11.1. The van der Waals surface area contributed by atoms with Gasteiger partial charge in [-0.05, 0) is 18.9 Å². The van der Waals surface area contributed by atoms with E-state index in [4.69, 9.17) is 9.84 Å². The molecule has 0 aromatic heterocycles. The van der Waals surface area contributed by atoms with Crippen molar-refractivity contribution in [2.24, 2.45) is 0 Å². The molecular weight excluding hydrogens is 826 g/mol. The number of hydrogen-bond donors (Lipinski definition) is 1. The molecular formula is C30H42Hg2O4. The number of rotatable bonds is 13. The average Bonchev–Trinajstić information content (AvgIpc) is 2.86. The van der Waals surface area contributed by atoms with Crippen molar-refractivity contribution in [1.82, 2.24) is 0 Å². The van der Waals surface area contributed by atoms with Gasteiger partial charge in [-0.2, -0.15) is 0 Å². The molecule has 0 atom stereocenters. The summed E-state index contributed by atoms with van der Waals surface area (Å²) in [6, 6.07) is 17.1. The third-order valence-corrected chi connectivity index (χ3v) is 11.8. The molecule has 0 radical (unpaired) electrons. The third-order valence-electron chi connectivity index (χ3n) is 5.59. The van der Waals surface area contributed by atoms with E-state index in [9.17, 15) is 9.59 Å². The molecule has 0 amide bonds. The van der Waals surface area contributed by atoms with Gasteiger partial charge >= 0.3 is 144 Å². The Hall–Kier alpha value is -1.01. The van der Waals surface area contributed by atoms with Crippen molar-refractivity contribution in [2.45, 2.75) is 91.4 Å². The van der Waals surface area contributed by atoms with Crippen LogP contribution < -0.4 is 6.14 Å². The summed E-state index contributed by atoms with van der Waals surface area (Å²) in [5.41, 5.74) is 2.91. The Morgan fingerprint density at radius 3 is 1.67 bits per heavy atom. The molecule has 2 aromatic rings. The molecule has 0 aliphatic carbocycles. The molecule has 190 valence electrons. The Kier molecular flexibility index (Phi) is 23.7. The number of unbranched alkanes of at least 4 members (excludes halogenated alkanes) is 8. The fraction of sp³-hybridized carbons (Fsp3) is 0.467. The zero-order chi connectivity index (χ0) is 27.0. The van der Waals surface area contributed by atoms with Gasteiger partial charge in [0, 0.05) is 0 Å². The first kappa shape index (κ1) is 35.0. The minimum atomic E-state index is -0.982. The van der Waals surface area contributed by atoms with Crippen LogP contribution in [0, 0.1) is 13.8 Å². The van der Waals surface area contributed by atoms with Crippen molar-refractivity contribution in [1.29, 1.82) is 0 Å². The van der Waals surface area contributed by atoms with E-state index in [2.05, 4.69) is 69.3 Å². The van der Waals surface area contributed by atoms with E-state index >= 15 is 0 Å². The van der Waals surface area contributed by atoms with Crippen LogP contribution in [0.4, 0.5) is 0 Å². The molecule has 0 bridgehead atoms. The Balaban J connectivity index is 0.000000616. The maximum atomic E-state index is 11.1. The molecule has 2 rings (SSSR count). The van der Waals surface area contributed by atoms with Crippen molar-refractivity contribution in [3.05, 3.63) is 72.0 Å². The Morgan fingerprint density at radius 2 is 1.25 bits per heavy atom. The number of carbonyl (C=O) groups excluding carboxylic acids is 1. The third kappa shape index (κ3) is 22.2. The van der Waals surface area contributed by atoms with Crippen molar-refractivity contribution < 1.29 is 71.7 Å². The van der Waals surface area contributed by atoms with E-state index in [1.807, 2.05) is 6.08 Å². The van der Waals surface area contributed by atoms with Gasteiger partial charge in [0.1, 0.15) is 0 Å². The van der Waals surface area contributed by atoms with E-state index in [1.165, 1.54) is 62.3 Å². The number of allylic oxidation sites excluding steroid dienone is 1. The SMILES string of the molecule is CCCCCCCCCCC=COC(=O)CCC(=O)O.Cc1cccc[c]1[Hg].Cc1cccc[c]1[Hg]. The van der Waals surface area contributed by atoms with E-state index in [0.717, 1.165) is 65.1 Å². The quantitative estimate of drug-likeness (QED) is 0.105. The summed E-state index contributed by atoms with van der Waals surface area (Å²) < 4.78 is 7.91. The van der Waals surface area contributed by atoms with Crippen LogP contribution in [0.2, 0.25) is 0 Å². The Labute approximate surface area is 251 Å². The standard InChI is InChI=1S/C16H28O4.2C7H7.2Hg/c1-2-3-4-5-6-7-8-9-10-11-14-20-16(19)13-12-15(17)18;2*1-7-5-3-2-4-6-7;;/h11,14H,2-10,12-13H2,1H3,(H,17,18);2*2-5H,1H3;;. The summed E-state index contributed by atoms with van der Waals surface area (Å²) in [5, 5.41) is 8.40. The number of carbonyl (C=O) groups is 2. The summed E-state index contributed by atoms with van der Waals surface area (Å²) in [5.74, 6) is -1.47. The van der Waals surface area contributed by atoms with Gasteiger partial charge in [-0.1, -0.05) is 51.9 Å². The molecule has 0 spiro atoms. The van der Waals surface area contributed by atoms with E-state index in [1.54, 1.807) is 6.14 Å². The van der Waals surface area contributed by atoms with Crippen LogP contribution in [0.3, 0.4) is 0 Å². The number of carboxylic acid groups (broad SMARTS) is 1. The summed E-state index contributed by atoms with van der Waals surface area (Å²) in [4.78, 5) is 21.3. The van der Waals surface area contributed by atoms with Gasteiger partial charge in [0.25, 0.3) is 0 Å². The van der Waals surface area contributed by atoms with Gasteiger partial charge in [-0.3, -0.25) is 9.59 Å². The monoisotopic (exact) mass is 870 g/mol. The molecule has 6 heteroatoms. The van der Waals surface area contributed by atoms with Gasteiger partial charge in [0.05, 0.1) is 19.1 Å². The van der Waals surface area contributed by atoms with Crippen molar-refractivity contribution in [3.8, 4) is 0 Å². The van der Waals surface area contributed by atoms with Crippen LogP contribution in [-0.2, 0) is 66.6 Å². The summed E-state index contributed by atoms with van der Waals surface area (Å²) in [6.07, 6.45) is 14.1. The molecule has 0 saturated carbocycles. The van der Waals surface area contributed by atoms with E-state index in [-0.39, 0.29) is 12.8 Å². The number of esters is 1. The molecule has 2 aromatic carbocycles. The van der Waals surface area contributed by atoms with Crippen LogP contribution in [-0.4, -0.2) is 17.0 Å². The molecule has 0 unspecified atom stereocenters. The number of benzene rings is 2. The van der Waals surface area contributed by atoms with Crippen LogP contribution in [0.25, 0.3) is 0 Å². The number of hydrogen-bond acceptors (Lipinski definition) is 3. The first-order chi connectivity index (χ1) is 17.3. The minimum absolute atomic E-state index is 0.0720. The zero-order valence-electron chi connectivity index (χ0n) is 22.6. The summed E-state index contributed by atoms with van der Waals surface area (Å²) >= 11 is 1.60. The molecule has 0 aliphatic heterocycles. The first-order valence-corrected chi connectivity index (χ1v) is 18.6. The van der Waals surface area contributed by atoms with E-state index in [0.29, 0.717) is 0 Å². The summed E-state index contributed by atoms with van der Waals surface area (Å²) in [6.45, 7) is 6.56. The van der Waals surface area contributed by atoms with Crippen molar-refractivity contribution in [3.63, 3.8) is 0 Å².